The van der Waals surface area contributed by atoms with Crippen LogP contribution in [0.15, 0.2) is 72.8 Å². The van der Waals surface area contributed by atoms with Crippen LogP contribution in [0.25, 0.3) is 11.1 Å². The molecule has 0 spiro atoms. The molecule has 6 nitrogen and oxygen atoms in total. The lowest BCUT2D eigenvalue weighted by atomic mass is 9.92. The zero-order valence-electron chi connectivity index (χ0n) is 19.6. The van der Waals surface area contributed by atoms with E-state index < -0.39 is 35.5 Å². The van der Waals surface area contributed by atoms with Crippen LogP contribution in [0.4, 0.5) is 18.9 Å². The summed E-state index contributed by atoms with van der Waals surface area (Å²) in [6, 6.07) is 18.1. The average Bonchev–Trinajstić information content (AvgIpc) is 2.93. The average molecular weight is 496 g/mol. The number of benzene rings is 3. The van der Waals surface area contributed by atoms with Crippen molar-refractivity contribution in [3.63, 3.8) is 0 Å². The molecule has 36 heavy (non-hydrogen) atoms. The highest BCUT2D eigenvalue weighted by atomic mass is 19.4. The Balaban J connectivity index is 1.49. The highest BCUT2D eigenvalue weighted by molar-refractivity contribution is 6.06. The number of hydrazine groups is 1. The lowest BCUT2D eigenvalue weighted by Gasteiger charge is -2.27. The molecule has 1 unspecified atom stereocenters. The monoisotopic (exact) mass is 495 g/mol. The van der Waals surface area contributed by atoms with Gasteiger partial charge in [-0.3, -0.25) is 19.8 Å². The number of alkyl halides is 3. The van der Waals surface area contributed by atoms with Gasteiger partial charge in [0.1, 0.15) is 6.04 Å². The van der Waals surface area contributed by atoms with Crippen LogP contribution in [0.3, 0.4) is 0 Å². The van der Waals surface area contributed by atoms with E-state index in [1.165, 1.54) is 24.1 Å². The molecule has 0 saturated heterocycles. The van der Waals surface area contributed by atoms with Crippen molar-refractivity contribution in [2.75, 3.05) is 5.01 Å². The number of carbonyl (C=O) groups is 3. The number of amides is 3. The predicted octanol–water partition coefficient (Wildman–Crippen LogP) is 4.60. The van der Waals surface area contributed by atoms with Gasteiger partial charge in [0.15, 0.2) is 0 Å². The van der Waals surface area contributed by atoms with Gasteiger partial charge in [-0.2, -0.15) is 13.2 Å². The second-order valence-electron chi connectivity index (χ2n) is 8.64. The molecular weight excluding hydrogens is 471 g/mol. The van der Waals surface area contributed by atoms with Crippen LogP contribution in [0.5, 0.6) is 0 Å². The van der Waals surface area contributed by atoms with Crippen LogP contribution in [0, 0.1) is 0 Å². The van der Waals surface area contributed by atoms with Crippen LogP contribution < -0.4 is 15.8 Å². The number of halogens is 3. The van der Waals surface area contributed by atoms with E-state index in [0.29, 0.717) is 5.69 Å². The van der Waals surface area contributed by atoms with Gasteiger partial charge < -0.3 is 5.32 Å². The molecule has 2 atom stereocenters. The summed E-state index contributed by atoms with van der Waals surface area (Å²) in [6.45, 7) is 3.19. The fraction of sp³-hybridized carbons (Fsp3) is 0.222. The first-order valence-corrected chi connectivity index (χ1v) is 11.3. The quantitative estimate of drug-likeness (QED) is 0.543. The first-order valence-electron chi connectivity index (χ1n) is 11.3. The number of hydrogen-bond acceptors (Lipinski definition) is 3. The largest absolute Gasteiger partial charge is 0.416 e. The van der Waals surface area contributed by atoms with Gasteiger partial charge >= 0.3 is 6.18 Å². The summed E-state index contributed by atoms with van der Waals surface area (Å²) in [7, 11) is 0. The van der Waals surface area contributed by atoms with Crippen molar-refractivity contribution in [3.8, 4) is 11.1 Å². The van der Waals surface area contributed by atoms with Gasteiger partial charge in [0.05, 0.1) is 23.6 Å². The highest BCUT2D eigenvalue weighted by Crippen LogP contribution is 2.40. The van der Waals surface area contributed by atoms with E-state index in [0.717, 1.165) is 28.8 Å². The lowest BCUT2D eigenvalue weighted by Crippen LogP contribution is -2.54. The number of nitrogens with zero attached hydrogens (tertiary/aromatic N) is 1. The third-order valence-corrected chi connectivity index (χ3v) is 6.06. The Morgan fingerprint density at radius 2 is 1.64 bits per heavy atom. The summed E-state index contributed by atoms with van der Waals surface area (Å²) in [5, 5.41) is 3.68. The first-order chi connectivity index (χ1) is 17.1. The molecule has 0 bridgehead atoms. The zero-order valence-corrected chi connectivity index (χ0v) is 19.6. The van der Waals surface area contributed by atoms with Crippen molar-refractivity contribution in [2.24, 2.45) is 0 Å². The van der Waals surface area contributed by atoms with Crippen molar-refractivity contribution >= 4 is 23.4 Å². The summed E-state index contributed by atoms with van der Waals surface area (Å²) in [6.07, 6.45) is -4.86. The second kappa shape index (κ2) is 9.85. The summed E-state index contributed by atoms with van der Waals surface area (Å²) >= 11 is 0. The molecule has 4 rings (SSSR count). The molecule has 0 aliphatic carbocycles. The van der Waals surface area contributed by atoms with Crippen LogP contribution in [-0.4, -0.2) is 23.8 Å². The fourth-order valence-corrected chi connectivity index (χ4v) is 4.19. The fourth-order valence-electron chi connectivity index (χ4n) is 4.19. The van der Waals surface area contributed by atoms with Gasteiger partial charge in [-0.15, -0.1) is 0 Å². The number of carbonyl (C=O) groups excluding carboxylic acids is 3. The van der Waals surface area contributed by atoms with Crippen molar-refractivity contribution in [1.82, 2.24) is 10.7 Å². The molecule has 1 aliphatic rings. The Morgan fingerprint density at radius 3 is 2.36 bits per heavy atom. The van der Waals surface area contributed by atoms with E-state index in [2.05, 4.69) is 10.7 Å². The molecule has 3 aromatic rings. The Labute approximate surface area is 206 Å². The number of rotatable bonds is 5. The molecule has 2 N–H and O–H groups in total. The molecule has 3 amide bonds. The molecule has 9 heteroatoms. The molecule has 0 saturated carbocycles. The zero-order chi connectivity index (χ0) is 26.0. The van der Waals surface area contributed by atoms with Gasteiger partial charge in [-0.25, -0.2) is 5.01 Å². The lowest BCUT2D eigenvalue weighted by molar-refractivity contribution is -0.137. The summed E-state index contributed by atoms with van der Waals surface area (Å²) < 4.78 is 38.8. The molecule has 0 radical (unpaired) electrons. The first kappa shape index (κ1) is 25.0. The topological polar surface area (TPSA) is 78.5 Å². The maximum atomic E-state index is 13.3. The molecule has 3 aromatic carbocycles. The predicted molar refractivity (Wildman–Crippen MR) is 129 cm³/mol. The Bertz CT molecular complexity index is 1320. The molecule has 1 heterocycles. The maximum Gasteiger partial charge on any atom is 0.416 e. The Morgan fingerprint density at radius 1 is 0.972 bits per heavy atom. The Hall–Kier alpha value is -4.14. The Kier molecular flexibility index (Phi) is 6.83. The molecule has 186 valence electrons. The normalized spacial score (nSPS) is 15.9. The standard InChI is InChI=1S/C27H24F3N3O3/c1-16-20-10-3-4-11-21(20)22-12-5-6-13-23(22)33(26(16)36)32-25(35)17(2)31-24(34)15-18-8-7-9-19(14-18)27(28,29)30/h3-14,16-17H,15H2,1-2H3,(H,31,34)(H,32,35)/t16?,17-/m0/s1. The minimum atomic E-state index is -4.52. The molecule has 0 aromatic heterocycles. The van der Waals surface area contributed by atoms with Crippen LogP contribution >= 0.6 is 0 Å². The maximum absolute atomic E-state index is 13.3. The van der Waals surface area contributed by atoms with E-state index in [1.54, 1.807) is 19.1 Å². The minimum Gasteiger partial charge on any atom is -0.344 e. The van der Waals surface area contributed by atoms with Crippen LogP contribution in [-0.2, 0) is 27.0 Å². The highest BCUT2D eigenvalue weighted by Gasteiger charge is 2.33. The van der Waals surface area contributed by atoms with E-state index in [1.807, 2.05) is 36.4 Å². The van der Waals surface area contributed by atoms with Crippen molar-refractivity contribution in [3.05, 3.63) is 89.5 Å². The van der Waals surface area contributed by atoms with E-state index in [-0.39, 0.29) is 17.9 Å². The second-order valence-corrected chi connectivity index (χ2v) is 8.64. The van der Waals surface area contributed by atoms with Gasteiger partial charge in [-0.1, -0.05) is 60.7 Å². The number of nitrogens with one attached hydrogen (secondary N) is 2. The third kappa shape index (κ3) is 5.10. The van der Waals surface area contributed by atoms with Gasteiger partial charge in [0.2, 0.25) is 5.91 Å². The van der Waals surface area contributed by atoms with Gasteiger partial charge in [-0.05, 0) is 42.7 Å². The summed E-state index contributed by atoms with van der Waals surface area (Å²) in [5.74, 6) is -2.16. The van der Waals surface area contributed by atoms with Gasteiger partial charge in [0.25, 0.3) is 11.8 Å². The minimum absolute atomic E-state index is 0.165. The van der Waals surface area contributed by atoms with Gasteiger partial charge in [0, 0.05) is 5.56 Å². The van der Waals surface area contributed by atoms with E-state index in [9.17, 15) is 27.6 Å². The van der Waals surface area contributed by atoms with Crippen molar-refractivity contribution in [1.29, 1.82) is 0 Å². The third-order valence-electron chi connectivity index (χ3n) is 6.06. The summed E-state index contributed by atoms with van der Waals surface area (Å²) in [5.41, 5.74) is 4.90. The number of fused-ring (bicyclic) bond motifs is 3. The van der Waals surface area contributed by atoms with E-state index >= 15 is 0 Å². The number of anilines is 1. The van der Waals surface area contributed by atoms with Crippen molar-refractivity contribution < 1.29 is 27.6 Å². The van der Waals surface area contributed by atoms with Crippen LogP contribution in [0.1, 0.15) is 36.5 Å². The number of para-hydroxylation sites is 1. The molecular formula is C27H24F3N3O3. The van der Waals surface area contributed by atoms with E-state index in [4.69, 9.17) is 0 Å². The molecule has 1 aliphatic heterocycles. The molecule has 0 fully saturated rings. The number of hydrogen-bond donors (Lipinski definition) is 2. The SMILES string of the molecule is CC1C(=O)N(NC(=O)[C@H](C)NC(=O)Cc2cccc(C(F)(F)F)c2)c2ccccc2-c2ccccc21. The summed E-state index contributed by atoms with van der Waals surface area (Å²) in [4.78, 5) is 38.7. The van der Waals surface area contributed by atoms with Crippen LogP contribution in [0.2, 0.25) is 0 Å². The smallest absolute Gasteiger partial charge is 0.344 e. The van der Waals surface area contributed by atoms with Crippen molar-refractivity contribution in [2.45, 2.75) is 38.4 Å².